The zero-order chi connectivity index (χ0) is 28.5. The molecule has 2 N–H and O–H groups in total. The van der Waals surface area contributed by atoms with Crippen molar-refractivity contribution in [2.75, 3.05) is 47.8 Å². The third-order valence-corrected chi connectivity index (χ3v) is 8.19. The highest BCUT2D eigenvalue weighted by Crippen LogP contribution is 2.42. The molecule has 3 atom stereocenters. The lowest BCUT2D eigenvalue weighted by Gasteiger charge is -2.45. The van der Waals surface area contributed by atoms with Crippen LogP contribution in [-0.4, -0.2) is 70.3 Å². The van der Waals surface area contributed by atoms with E-state index in [0.29, 0.717) is 25.3 Å². The number of halogens is 7. The molecule has 2 fully saturated rings. The van der Waals surface area contributed by atoms with Crippen LogP contribution in [0.25, 0.3) is 0 Å². The van der Waals surface area contributed by atoms with Gasteiger partial charge in [0.2, 0.25) is 5.91 Å². The Labute approximate surface area is 259 Å². The van der Waals surface area contributed by atoms with Crippen LogP contribution in [0.5, 0.6) is 0 Å². The standard InChI is InChI=1S/C24H24Br3Cl2F2N5O3/c1-13(37)32-10-16-11-36(23(38)39-16)15-4-2-14(3-5-15)34-6-7-35(21(31)12-34)22(24(25,26)27)33-20-9-19(30)17(28)8-18(20)29/h2-5,8-9,16,21-22,33H,6-7,10-12H2,1H3,(H,32,37). The van der Waals surface area contributed by atoms with E-state index in [1.165, 1.54) is 24.0 Å². The predicted molar refractivity (Wildman–Crippen MR) is 160 cm³/mol. The maximum atomic E-state index is 15.6. The third kappa shape index (κ3) is 7.48. The van der Waals surface area contributed by atoms with Gasteiger partial charge in [-0.3, -0.25) is 9.69 Å². The number of amides is 2. The fraction of sp³-hybridized carbons (Fsp3) is 0.417. The van der Waals surface area contributed by atoms with Gasteiger partial charge in [-0.1, -0.05) is 71.0 Å². The van der Waals surface area contributed by atoms with Gasteiger partial charge in [0.25, 0.3) is 0 Å². The zero-order valence-corrected chi connectivity index (χ0v) is 26.7. The van der Waals surface area contributed by atoms with Crippen LogP contribution in [0.4, 0.5) is 30.6 Å². The van der Waals surface area contributed by atoms with Crippen molar-refractivity contribution >= 4 is 100 Å². The number of nitrogens with zero attached hydrogens (tertiary/aromatic N) is 3. The van der Waals surface area contributed by atoms with Crippen LogP contribution in [0.2, 0.25) is 10.0 Å². The second-order valence-electron chi connectivity index (χ2n) is 9.02. The van der Waals surface area contributed by atoms with E-state index in [2.05, 4.69) is 58.4 Å². The van der Waals surface area contributed by atoms with E-state index in [1.54, 1.807) is 17.0 Å². The minimum absolute atomic E-state index is 0.0634. The van der Waals surface area contributed by atoms with Crippen LogP contribution in [0.15, 0.2) is 36.4 Å². The number of alkyl halides is 4. The minimum Gasteiger partial charge on any atom is -0.442 e. The summed E-state index contributed by atoms with van der Waals surface area (Å²) in [4.78, 5) is 28.4. The van der Waals surface area contributed by atoms with Crippen LogP contribution in [0, 0.1) is 5.82 Å². The highest BCUT2D eigenvalue weighted by atomic mass is 80.0. The summed E-state index contributed by atoms with van der Waals surface area (Å²) in [5.74, 6) is -0.846. The molecule has 2 aliphatic rings. The second kappa shape index (κ2) is 12.6. The van der Waals surface area contributed by atoms with Crippen LogP contribution in [0.3, 0.4) is 0 Å². The summed E-state index contributed by atoms with van der Waals surface area (Å²) in [7, 11) is 0. The van der Waals surface area contributed by atoms with Gasteiger partial charge in [0.15, 0.2) is 8.44 Å². The van der Waals surface area contributed by atoms with E-state index in [4.69, 9.17) is 27.9 Å². The summed E-state index contributed by atoms with van der Waals surface area (Å²) in [6, 6.07) is 9.65. The van der Waals surface area contributed by atoms with Crippen LogP contribution in [-0.2, 0) is 9.53 Å². The average molecular weight is 779 g/mol. The molecule has 3 unspecified atom stereocenters. The fourth-order valence-corrected chi connectivity index (χ4v) is 5.92. The fourth-order valence-electron chi connectivity index (χ4n) is 4.35. The molecule has 0 saturated carbocycles. The highest BCUT2D eigenvalue weighted by molar-refractivity contribution is 9.39. The van der Waals surface area contributed by atoms with Crippen LogP contribution < -0.4 is 20.4 Å². The van der Waals surface area contributed by atoms with Crippen LogP contribution >= 0.6 is 71.0 Å². The number of hydrogen-bond donors (Lipinski definition) is 2. The molecular formula is C24H24Br3Cl2F2N5O3. The number of ether oxygens (including phenoxy) is 1. The summed E-state index contributed by atoms with van der Waals surface area (Å²) in [5, 5.41) is 5.83. The van der Waals surface area contributed by atoms with Crippen molar-refractivity contribution in [3.63, 3.8) is 0 Å². The lowest BCUT2D eigenvalue weighted by molar-refractivity contribution is -0.119. The first-order valence-corrected chi connectivity index (χ1v) is 14.9. The number of carbonyl (C=O) groups excluding carboxylic acids is 2. The van der Waals surface area contributed by atoms with Gasteiger partial charge in [-0.2, -0.15) is 0 Å². The Bertz CT molecular complexity index is 1220. The van der Waals surface area contributed by atoms with Gasteiger partial charge in [0, 0.05) is 37.5 Å². The van der Waals surface area contributed by atoms with E-state index < -0.39 is 32.6 Å². The van der Waals surface area contributed by atoms with Gasteiger partial charge in [-0.05, 0) is 30.3 Å². The summed E-state index contributed by atoms with van der Waals surface area (Å²) >= 11 is 22.5. The summed E-state index contributed by atoms with van der Waals surface area (Å²) in [6.07, 6.45) is -3.05. The van der Waals surface area contributed by atoms with Crippen molar-refractivity contribution in [1.29, 1.82) is 0 Å². The van der Waals surface area contributed by atoms with E-state index >= 15 is 4.39 Å². The number of benzene rings is 2. The number of hydrogen-bond acceptors (Lipinski definition) is 6. The van der Waals surface area contributed by atoms with E-state index in [-0.39, 0.29) is 34.7 Å². The lowest BCUT2D eigenvalue weighted by Crippen LogP contribution is -2.60. The van der Waals surface area contributed by atoms with Gasteiger partial charge in [-0.25, -0.2) is 18.5 Å². The third-order valence-electron chi connectivity index (χ3n) is 6.28. The molecule has 15 heteroatoms. The number of cyclic esters (lactones) is 1. The highest BCUT2D eigenvalue weighted by Gasteiger charge is 2.42. The molecule has 0 spiro atoms. The number of piperazine rings is 1. The molecule has 2 aromatic carbocycles. The van der Waals surface area contributed by atoms with Gasteiger partial charge < -0.3 is 20.3 Å². The number of carbonyl (C=O) groups is 2. The normalized spacial score (nSPS) is 21.1. The molecule has 0 bridgehead atoms. The van der Waals surface area contributed by atoms with Crippen molar-refractivity contribution in [1.82, 2.24) is 10.2 Å². The smallest absolute Gasteiger partial charge is 0.414 e. The van der Waals surface area contributed by atoms with Gasteiger partial charge in [-0.15, -0.1) is 0 Å². The van der Waals surface area contributed by atoms with Crippen molar-refractivity contribution < 1.29 is 23.1 Å². The zero-order valence-electron chi connectivity index (χ0n) is 20.4. The first kappa shape index (κ1) is 30.6. The monoisotopic (exact) mass is 775 g/mol. The molecule has 2 amide bonds. The van der Waals surface area contributed by atoms with E-state index in [9.17, 15) is 14.0 Å². The maximum absolute atomic E-state index is 15.6. The first-order valence-electron chi connectivity index (χ1n) is 11.8. The molecule has 0 aromatic heterocycles. The van der Waals surface area contributed by atoms with Crippen molar-refractivity contribution in [2.24, 2.45) is 0 Å². The van der Waals surface area contributed by atoms with Gasteiger partial charge in [0.1, 0.15) is 18.1 Å². The average Bonchev–Trinajstić information content (AvgIpc) is 3.24. The summed E-state index contributed by atoms with van der Waals surface area (Å²) in [6.45, 7) is 2.83. The van der Waals surface area contributed by atoms with E-state index in [0.717, 1.165) is 5.69 Å². The van der Waals surface area contributed by atoms with Crippen LogP contribution in [0.1, 0.15) is 6.92 Å². The maximum Gasteiger partial charge on any atom is 0.414 e. The molecule has 4 rings (SSSR count). The number of nitrogens with one attached hydrogen (secondary N) is 2. The van der Waals surface area contributed by atoms with Gasteiger partial charge in [0.05, 0.1) is 35.4 Å². The Kier molecular flexibility index (Phi) is 9.91. The first-order chi connectivity index (χ1) is 18.3. The minimum atomic E-state index is -1.40. The predicted octanol–water partition coefficient (Wildman–Crippen LogP) is 6.29. The molecule has 0 radical (unpaired) electrons. The molecular weight excluding hydrogens is 755 g/mol. The Hall–Kier alpha value is -1.38. The quantitative estimate of drug-likeness (QED) is 0.196. The number of anilines is 3. The number of rotatable bonds is 7. The molecule has 39 heavy (non-hydrogen) atoms. The van der Waals surface area contributed by atoms with Gasteiger partial charge >= 0.3 is 6.09 Å². The second-order valence-corrected chi connectivity index (χ2v) is 16.8. The van der Waals surface area contributed by atoms with E-state index in [1.807, 2.05) is 17.0 Å². The summed E-state index contributed by atoms with van der Waals surface area (Å²) < 4.78 is 34.1. The molecule has 2 saturated heterocycles. The molecule has 2 aliphatic heterocycles. The lowest BCUT2D eigenvalue weighted by atomic mass is 10.2. The Morgan fingerprint density at radius 3 is 2.41 bits per heavy atom. The topological polar surface area (TPSA) is 77.2 Å². The van der Waals surface area contributed by atoms with Crippen molar-refractivity contribution in [3.8, 4) is 0 Å². The Balaban J connectivity index is 1.42. The largest absolute Gasteiger partial charge is 0.442 e. The molecule has 212 valence electrons. The summed E-state index contributed by atoms with van der Waals surface area (Å²) in [5.41, 5.74) is 1.69. The molecule has 8 nitrogen and oxygen atoms in total. The molecule has 2 aromatic rings. The Morgan fingerprint density at radius 2 is 1.79 bits per heavy atom. The van der Waals surface area contributed by atoms with Crippen molar-refractivity contribution in [3.05, 3.63) is 52.3 Å². The SMILES string of the molecule is CC(=O)NCC1CN(c2ccc(N3CCN(C(Nc4cc(F)c(Cl)cc4Cl)C(Br)(Br)Br)C(F)C3)cc2)C(=O)O1. The molecule has 2 heterocycles. The van der Waals surface area contributed by atoms with Crippen molar-refractivity contribution in [2.45, 2.75) is 27.6 Å². The Morgan fingerprint density at radius 1 is 1.13 bits per heavy atom. The molecule has 0 aliphatic carbocycles.